The van der Waals surface area contributed by atoms with Crippen LogP contribution < -0.4 is 0 Å². The van der Waals surface area contributed by atoms with Gasteiger partial charge in [-0.1, -0.05) is 85.8 Å². The Kier molecular flexibility index (Phi) is 6.03. The number of fused-ring (bicyclic) bond motifs is 3. The number of carbonyl (C=O) groups is 2. The molecule has 158 valence electrons. The number of carbonyl (C=O) groups excluding carboxylic acids is 1. The van der Waals surface area contributed by atoms with Gasteiger partial charge in [-0.3, -0.25) is 4.79 Å². The summed E-state index contributed by atoms with van der Waals surface area (Å²) in [6, 6.07) is 25.9. The van der Waals surface area contributed by atoms with Crippen molar-refractivity contribution in [1.29, 1.82) is 0 Å². The highest BCUT2D eigenvalue weighted by Crippen LogP contribution is 2.44. The Bertz CT molecular complexity index is 1030. The largest absolute Gasteiger partial charge is 0.481 e. The molecular weight excluding hydrogens is 390 g/mol. The Morgan fingerprint density at radius 2 is 1.45 bits per heavy atom. The summed E-state index contributed by atoms with van der Waals surface area (Å²) in [5.41, 5.74) is 5.54. The van der Waals surface area contributed by atoms with Gasteiger partial charge in [-0.05, 0) is 27.8 Å². The molecule has 0 radical (unpaired) electrons. The maximum Gasteiger partial charge on any atom is 0.410 e. The van der Waals surface area contributed by atoms with E-state index in [4.69, 9.17) is 4.74 Å². The summed E-state index contributed by atoms with van der Waals surface area (Å²) in [5, 5.41) is 9.32. The van der Waals surface area contributed by atoms with Gasteiger partial charge in [0.15, 0.2) is 0 Å². The Balaban J connectivity index is 1.51. The second kappa shape index (κ2) is 9.04. The molecule has 1 N–H and O–H groups in total. The predicted octanol–water partition coefficient (Wildman–Crippen LogP) is 5.16. The summed E-state index contributed by atoms with van der Waals surface area (Å²) < 4.78 is 5.75. The Hall–Kier alpha value is -3.60. The number of benzene rings is 3. The van der Waals surface area contributed by atoms with Crippen LogP contribution in [0.15, 0.2) is 78.9 Å². The van der Waals surface area contributed by atoms with Crippen molar-refractivity contribution in [3.8, 4) is 11.1 Å². The quantitative estimate of drug-likeness (QED) is 0.579. The molecule has 31 heavy (non-hydrogen) atoms. The molecule has 0 aromatic heterocycles. The lowest BCUT2D eigenvalue weighted by Crippen LogP contribution is -2.37. The molecule has 3 aromatic rings. The molecule has 1 unspecified atom stereocenters. The van der Waals surface area contributed by atoms with Gasteiger partial charge in [0, 0.05) is 19.0 Å². The third kappa shape index (κ3) is 4.45. The molecule has 3 aromatic carbocycles. The summed E-state index contributed by atoms with van der Waals surface area (Å²) in [4.78, 5) is 25.8. The highest BCUT2D eigenvalue weighted by molar-refractivity contribution is 5.79. The lowest BCUT2D eigenvalue weighted by atomic mass is 9.98. The number of hydrogen-bond donors (Lipinski definition) is 1. The summed E-state index contributed by atoms with van der Waals surface area (Å²) >= 11 is 0. The van der Waals surface area contributed by atoms with Gasteiger partial charge in [0.1, 0.15) is 6.61 Å². The van der Waals surface area contributed by atoms with Crippen LogP contribution in [-0.4, -0.2) is 35.2 Å². The van der Waals surface area contributed by atoms with Crippen molar-refractivity contribution in [3.05, 3.63) is 95.6 Å². The standard InChI is InChI=1S/C26H25NO4/c1-18(25(28)29)15-27(16-19-9-3-2-4-10-19)26(30)31-17-24-22-13-7-5-11-20(22)21-12-6-8-14-23(21)24/h2-14,18,24H,15-17H2,1H3,(H,28,29). The first-order valence-electron chi connectivity index (χ1n) is 10.4. The van der Waals surface area contributed by atoms with E-state index in [1.165, 1.54) is 16.0 Å². The fourth-order valence-corrected chi connectivity index (χ4v) is 4.10. The van der Waals surface area contributed by atoms with Gasteiger partial charge >= 0.3 is 12.1 Å². The summed E-state index contributed by atoms with van der Waals surface area (Å²) in [7, 11) is 0. The van der Waals surface area contributed by atoms with Crippen LogP contribution in [0.25, 0.3) is 11.1 Å². The molecule has 4 rings (SSSR count). The van der Waals surface area contributed by atoms with Gasteiger partial charge in [-0.2, -0.15) is 0 Å². The highest BCUT2D eigenvalue weighted by Gasteiger charge is 2.30. The Morgan fingerprint density at radius 1 is 0.903 bits per heavy atom. The third-order valence-corrected chi connectivity index (χ3v) is 5.73. The number of carboxylic acid groups (broad SMARTS) is 1. The third-order valence-electron chi connectivity index (χ3n) is 5.73. The number of rotatable bonds is 7. The molecule has 0 aliphatic heterocycles. The average molecular weight is 415 g/mol. The monoisotopic (exact) mass is 415 g/mol. The van der Waals surface area contributed by atoms with Crippen LogP contribution in [0.4, 0.5) is 4.79 Å². The van der Waals surface area contributed by atoms with E-state index in [0.29, 0.717) is 6.54 Å². The minimum Gasteiger partial charge on any atom is -0.481 e. The van der Waals surface area contributed by atoms with E-state index >= 15 is 0 Å². The predicted molar refractivity (Wildman–Crippen MR) is 119 cm³/mol. The molecule has 0 heterocycles. The van der Waals surface area contributed by atoms with Crippen molar-refractivity contribution in [2.45, 2.75) is 19.4 Å². The van der Waals surface area contributed by atoms with E-state index < -0.39 is 18.0 Å². The first-order chi connectivity index (χ1) is 15.0. The molecule has 0 saturated heterocycles. The molecule has 5 heteroatoms. The molecular formula is C26H25NO4. The highest BCUT2D eigenvalue weighted by atomic mass is 16.6. The van der Waals surface area contributed by atoms with Crippen LogP contribution in [0.5, 0.6) is 0 Å². The van der Waals surface area contributed by atoms with Crippen LogP contribution in [0.3, 0.4) is 0 Å². The number of carboxylic acids is 1. The van der Waals surface area contributed by atoms with E-state index in [1.807, 2.05) is 54.6 Å². The zero-order valence-electron chi connectivity index (χ0n) is 17.4. The van der Waals surface area contributed by atoms with Gasteiger partial charge in [-0.15, -0.1) is 0 Å². The van der Waals surface area contributed by atoms with Crippen molar-refractivity contribution >= 4 is 12.1 Å². The fourth-order valence-electron chi connectivity index (χ4n) is 4.10. The van der Waals surface area contributed by atoms with Gasteiger partial charge in [0.2, 0.25) is 0 Å². The first-order valence-corrected chi connectivity index (χ1v) is 10.4. The molecule has 5 nitrogen and oxygen atoms in total. The second-order valence-electron chi connectivity index (χ2n) is 7.91. The molecule has 0 saturated carbocycles. The number of nitrogens with zero attached hydrogens (tertiary/aromatic N) is 1. The maximum atomic E-state index is 13.0. The molecule has 1 aliphatic rings. The summed E-state index contributed by atoms with van der Waals surface area (Å²) in [6.07, 6.45) is -0.501. The number of hydrogen-bond acceptors (Lipinski definition) is 3. The van der Waals surface area contributed by atoms with Crippen LogP contribution in [0.2, 0.25) is 0 Å². The first kappa shape index (κ1) is 20.7. The number of aliphatic carboxylic acids is 1. The van der Waals surface area contributed by atoms with Gasteiger partial charge < -0.3 is 14.7 Å². The van der Waals surface area contributed by atoms with Gasteiger partial charge in [-0.25, -0.2) is 4.79 Å². The molecule has 1 atom stereocenters. The molecule has 0 fully saturated rings. The van der Waals surface area contributed by atoms with Crippen molar-refractivity contribution in [3.63, 3.8) is 0 Å². The molecule has 1 aliphatic carbocycles. The zero-order valence-corrected chi connectivity index (χ0v) is 17.4. The SMILES string of the molecule is CC(CN(Cc1ccccc1)C(=O)OCC1c2ccccc2-c2ccccc21)C(=O)O. The topological polar surface area (TPSA) is 66.8 Å². The summed E-state index contributed by atoms with van der Waals surface area (Å²) in [5.74, 6) is -1.67. The van der Waals surface area contributed by atoms with Gasteiger partial charge in [0.25, 0.3) is 0 Å². The molecule has 0 spiro atoms. The minimum absolute atomic E-state index is 0.0353. The Morgan fingerprint density at radius 3 is 2.03 bits per heavy atom. The number of ether oxygens (including phenoxy) is 1. The van der Waals surface area contributed by atoms with Crippen molar-refractivity contribution in [2.24, 2.45) is 5.92 Å². The average Bonchev–Trinajstić information content (AvgIpc) is 3.11. The van der Waals surface area contributed by atoms with Crippen molar-refractivity contribution in [1.82, 2.24) is 4.90 Å². The van der Waals surface area contributed by atoms with Crippen LogP contribution >= 0.6 is 0 Å². The van der Waals surface area contributed by atoms with Crippen LogP contribution in [-0.2, 0) is 16.1 Å². The van der Waals surface area contributed by atoms with Crippen LogP contribution in [0, 0.1) is 5.92 Å². The smallest absolute Gasteiger partial charge is 0.410 e. The van der Waals surface area contributed by atoms with Crippen molar-refractivity contribution in [2.75, 3.05) is 13.2 Å². The van der Waals surface area contributed by atoms with E-state index in [0.717, 1.165) is 16.7 Å². The molecule has 1 amide bonds. The fraction of sp³-hybridized carbons (Fsp3) is 0.231. The number of amides is 1. The lowest BCUT2D eigenvalue weighted by Gasteiger charge is -2.25. The van der Waals surface area contributed by atoms with E-state index in [9.17, 15) is 14.7 Å². The zero-order chi connectivity index (χ0) is 21.8. The van der Waals surface area contributed by atoms with Crippen LogP contribution in [0.1, 0.15) is 29.5 Å². The lowest BCUT2D eigenvalue weighted by molar-refractivity contribution is -0.141. The second-order valence-corrected chi connectivity index (χ2v) is 7.91. The normalized spacial score (nSPS) is 13.2. The minimum atomic E-state index is -0.940. The van der Waals surface area contributed by atoms with Gasteiger partial charge in [0.05, 0.1) is 5.92 Å². The Labute approximate surface area is 181 Å². The summed E-state index contributed by atoms with van der Waals surface area (Å²) in [6.45, 7) is 2.19. The van der Waals surface area contributed by atoms with E-state index in [2.05, 4.69) is 24.3 Å². The van der Waals surface area contributed by atoms with E-state index in [-0.39, 0.29) is 19.1 Å². The van der Waals surface area contributed by atoms with E-state index in [1.54, 1.807) is 6.92 Å². The molecule has 0 bridgehead atoms. The van der Waals surface area contributed by atoms with Crippen molar-refractivity contribution < 1.29 is 19.4 Å². The maximum absolute atomic E-state index is 13.0.